The zero-order chi connectivity index (χ0) is 24.9. The molecule has 0 saturated carbocycles. The van der Waals surface area contributed by atoms with Gasteiger partial charge in [-0.25, -0.2) is 8.42 Å². The van der Waals surface area contributed by atoms with Crippen molar-refractivity contribution in [2.45, 2.75) is 4.90 Å². The van der Waals surface area contributed by atoms with E-state index in [9.17, 15) is 18.6 Å². The fourth-order valence-corrected chi connectivity index (χ4v) is 6.76. The van der Waals surface area contributed by atoms with E-state index in [4.69, 9.17) is 11.6 Å². The molecule has 0 radical (unpaired) electrons. The minimum Gasteiger partial charge on any atom is -0.506 e. The molecule has 0 amide bonds. The third-order valence-electron chi connectivity index (χ3n) is 6.59. The molecule has 0 bridgehead atoms. The molecule has 5 rings (SSSR count). The number of halogens is 1. The van der Waals surface area contributed by atoms with Crippen molar-refractivity contribution in [1.29, 1.82) is 0 Å². The molecule has 4 aromatic carbocycles. The molecule has 2 N–H and O–H groups in total. The van der Waals surface area contributed by atoms with Crippen LogP contribution in [0.4, 0.5) is 11.4 Å². The summed E-state index contributed by atoms with van der Waals surface area (Å²) in [6.45, 7) is 1.07. The van der Waals surface area contributed by atoms with Crippen LogP contribution >= 0.6 is 11.6 Å². The SMILES string of the molecule is CN(C)c1cccc2c(S(=O)(=O)N3CCN(c4c(Cl)c(O)c5ccccc5c4O)CC3)cccc12. The zero-order valence-corrected chi connectivity index (χ0v) is 21.0. The maximum absolute atomic E-state index is 13.7. The van der Waals surface area contributed by atoms with E-state index >= 15 is 0 Å². The van der Waals surface area contributed by atoms with Gasteiger partial charge in [-0.1, -0.05) is 60.1 Å². The van der Waals surface area contributed by atoms with E-state index in [-0.39, 0.29) is 34.5 Å². The molecule has 35 heavy (non-hydrogen) atoms. The van der Waals surface area contributed by atoms with E-state index in [2.05, 4.69) is 0 Å². The third kappa shape index (κ3) is 3.82. The van der Waals surface area contributed by atoms with Gasteiger partial charge in [-0.3, -0.25) is 0 Å². The quantitative estimate of drug-likeness (QED) is 0.388. The van der Waals surface area contributed by atoms with Crippen LogP contribution < -0.4 is 9.80 Å². The molecule has 0 unspecified atom stereocenters. The summed E-state index contributed by atoms with van der Waals surface area (Å²) in [4.78, 5) is 4.06. The Morgan fingerprint density at radius 2 is 1.34 bits per heavy atom. The Bertz CT molecular complexity index is 1550. The van der Waals surface area contributed by atoms with Crippen molar-refractivity contribution in [3.05, 3.63) is 65.7 Å². The summed E-state index contributed by atoms with van der Waals surface area (Å²) >= 11 is 6.45. The molecule has 7 nitrogen and oxygen atoms in total. The number of anilines is 2. The highest BCUT2D eigenvalue weighted by Crippen LogP contribution is 2.48. The van der Waals surface area contributed by atoms with E-state index in [0.29, 0.717) is 34.9 Å². The van der Waals surface area contributed by atoms with Gasteiger partial charge < -0.3 is 20.0 Å². The molecule has 1 fully saturated rings. The van der Waals surface area contributed by atoms with Gasteiger partial charge in [0.05, 0.1) is 4.90 Å². The molecule has 9 heteroatoms. The summed E-state index contributed by atoms with van der Waals surface area (Å²) in [5.74, 6) is -0.123. The second-order valence-electron chi connectivity index (χ2n) is 8.82. The fourth-order valence-electron chi connectivity index (χ4n) is 4.82. The van der Waals surface area contributed by atoms with Gasteiger partial charge in [-0.15, -0.1) is 0 Å². The van der Waals surface area contributed by atoms with Crippen molar-refractivity contribution < 1.29 is 18.6 Å². The lowest BCUT2D eigenvalue weighted by Crippen LogP contribution is -2.48. The monoisotopic (exact) mass is 511 g/mol. The van der Waals surface area contributed by atoms with Crippen LogP contribution in [0.3, 0.4) is 0 Å². The molecule has 1 saturated heterocycles. The summed E-state index contributed by atoms with van der Waals surface area (Å²) in [6, 6.07) is 18.0. The number of benzene rings is 4. The number of rotatable bonds is 4. The lowest BCUT2D eigenvalue weighted by atomic mass is 10.1. The van der Waals surface area contributed by atoms with Crippen LogP contribution in [0.1, 0.15) is 0 Å². The van der Waals surface area contributed by atoms with Crippen LogP contribution in [0.15, 0.2) is 65.6 Å². The maximum atomic E-state index is 13.7. The topological polar surface area (TPSA) is 84.3 Å². The van der Waals surface area contributed by atoms with Gasteiger partial charge in [0.1, 0.15) is 22.2 Å². The number of phenolic OH excluding ortho intramolecular Hbond substituents is 2. The predicted molar refractivity (Wildman–Crippen MR) is 142 cm³/mol. The molecule has 1 aliphatic heterocycles. The highest BCUT2D eigenvalue weighted by atomic mass is 35.5. The van der Waals surface area contributed by atoms with E-state index in [1.54, 1.807) is 36.4 Å². The number of sulfonamides is 1. The number of phenols is 2. The van der Waals surface area contributed by atoms with Crippen LogP contribution in [0.5, 0.6) is 11.5 Å². The Labute approximate surface area is 209 Å². The molecule has 0 spiro atoms. The van der Waals surface area contributed by atoms with E-state index in [0.717, 1.165) is 11.1 Å². The summed E-state index contributed by atoms with van der Waals surface area (Å²) in [5.41, 5.74) is 1.27. The van der Waals surface area contributed by atoms with Crippen molar-refractivity contribution in [2.24, 2.45) is 0 Å². The third-order valence-corrected chi connectivity index (χ3v) is 8.91. The second kappa shape index (κ2) is 8.78. The Morgan fingerprint density at radius 1 is 0.771 bits per heavy atom. The first kappa shape index (κ1) is 23.5. The summed E-state index contributed by atoms with van der Waals surface area (Å²) in [7, 11) is 0.105. The summed E-state index contributed by atoms with van der Waals surface area (Å²) < 4.78 is 28.8. The molecule has 1 aliphatic rings. The predicted octanol–water partition coefficient (Wildman–Crippen LogP) is 4.63. The molecular weight excluding hydrogens is 486 g/mol. The minimum absolute atomic E-state index is 0.0232. The smallest absolute Gasteiger partial charge is 0.243 e. The average molecular weight is 512 g/mol. The van der Waals surface area contributed by atoms with Crippen molar-refractivity contribution in [3.63, 3.8) is 0 Å². The standard InChI is InChI=1S/C26H26ClN3O4S/c1-28(2)21-11-5-10-18-17(21)9-6-12-22(18)35(33,34)30-15-13-29(14-16-30)24-23(27)25(31)19-7-3-4-8-20(19)26(24)32/h3-12,31-32H,13-16H2,1-2H3. The number of nitrogens with zero attached hydrogens (tertiary/aromatic N) is 3. The van der Waals surface area contributed by atoms with E-state index in [1.807, 2.05) is 48.2 Å². The van der Waals surface area contributed by atoms with Crippen molar-refractivity contribution in [2.75, 3.05) is 50.1 Å². The lowest BCUT2D eigenvalue weighted by Gasteiger charge is -2.36. The highest BCUT2D eigenvalue weighted by Gasteiger charge is 2.32. The van der Waals surface area contributed by atoms with Gasteiger partial charge in [-0.2, -0.15) is 4.31 Å². The van der Waals surface area contributed by atoms with Gasteiger partial charge >= 0.3 is 0 Å². The van der Waals surface area contributed by atoms with Crippen LogP contribution in [0.25, 0.3) is 21.5 Å². The van der Waals surface area contributed by atoms with Crippen molar-refractivity contribution >= 4 is 54.5 Å². The number of fused-ring (bicyclic) bond motifs is 2. The second-order valence-corrected chi connectivity index (χ2v) is 11.1. The Balaban J connectivity index is 1.46. The van der Waals surface area contributed by atoms with Gasteiger partial charge in [0.2, 0.25) is 10.0 Å². The number of hydrogen-bond donors (Lipinski definition) is 2. The van der Waals surface area contributed by atoms with Gasteiger partial charge in [-0.05, 0) is 12.1 Å². The maximum Gasteiger partial charge on any atom is 0.243 e. The molecular formula is C26H26ClN3O4S. The van der Waals surface area contributed by atoms with E-state index < -0.39 is 10.0 Å². The summed E-state index contributed by atoms with van der Waals surface area (Å²) in [6.07, 6.45) is 0. The number of piperazine rings is 1. The zero-order valence-electron chi connectivity index (χ0n) is 19.4. The Morgan fingerprint density at radius 3 is 2.00 bits per heavy atom. The van der Waals surface area contributed by atoms with Crippen LogP contribution in [-0.4, -0.2) is 63.2 Å². The summed E-state index contributed by atoms with van der Waals surface area (Å²) in [5, 5.41) is 24.1. The molecule has 0 atom stereocenters. The first-order valence-electron chi connectivity index (χ1n) is 11.3. The normalized spacial score (nSPS) is 15.1. The molecule has 1 heterocycles. The van der Waals surface area contributed by atoms with Crippen LogP contribution in [-0.2, 0) is 10.0 Å². The average Bonchev–Trinajstić information content (AvgIpc) is 2.87. The lowest BCUT2D eigenvalue weighted by molar-refractivity contribution is 0.382. The largest absolute Gasteiger partial charge is 0.506 e. The number of hydrogen-bond acceptors (Lipinski definition) is 6. The van der Waals surface area contributed by atoms with Crippen molar-refractivity contribution in [3.8, 4) is 11.5 Å². The molecule has 182 valence electrons. The molecule has 4 aromatic rings. The Kier molecular flexibility index (Phi) is 5.91. The van der Waals surface area contributed by atoms with E-state index in [1.165, 1.54) is 4.31 Å². The van der Waals surface area contributed by atoms with Crippen LogP contribution in [0, 0.1) is 0 Å². The molecule has 0 aliphatic carbocycles. The van der Waals surface area contributed by atoms with Crippen molar-refractivity contribution in [1.82, 2.24) is 4.31 Å². The first-order valence-corrected chi connectivity index (χ1v) is 13.1. The fraction of sp³-hybridized carbons (Fsp3) is 0.231. The minimum atomic E-state index is -3.76. The Hall–Kier alpha value is -3.20. The molecule has 0 aromatic heterocycles. The highest BCUT2D eigenvalue weighted by molar-refractivity contribution is 7.89. The van der Waals surface area contributed by atoms with Gasteiger partial charge in [0, 0.05) is 67.5 Å². The first-order chi connectivity index (χ1) is 16.7. The van der Waals surface area contributed by atoms with Crippen LogP contribution in [0.2, 0.25) is 5.02 Å². The van der Waals surface area contributed by atoms with Gasteiger partial charge in [0.25, 0.3) is 0 Å². The number of aromatic hydroxyl groups is 2. The van der Waals surface area contributed by atoms with Gasteiger partial charge in [0.15, 0.2) is 0 Å².